The number of nitrogens with two attached hydrogens (primary N) is 1. The van der Waals surface area contributed by atoms with Crippen LogP contribution in [0.2, 0.25) is 0 Å². The van der Waals surface area contributed by atoms with E-state index in [0.717, 1.165) is 55.9 Å². The van der Waals surface area contributed by atoms with Crippen LogP contribution < -0.4 is 11.1 Å². The smallest absolute Gasteiger partial charge is 0.0549 e. The van der Waals surface area contributed by atoms with Gasteiger partial charge in [0.15, 0.2) is 0 Å². The average molecular weight is 434 g/mol. The minimum Gasteiger partial charge on any atom is -0.397 e. The molecule has 0 aromatic heterocycles. The number of benzene rings is 1. The molecule has 0 saturated carbocycles. The Hall–Kier alpha value is -2.94. The van der Waals surface area contributed by atoms with Crippen LogP contribution in [-0.2, 0) is 0 Å². The van der Waals surface area contributed by atoms with E-state index in [1.54, 1.807) is 0 Å². The summed E-state index contributed by atoms with van der Waals surface area (Å²) in [5.74, 6) is 0.744. The van der Waals surface area contributed by atoms with Gasteiger partial charge in [0.2, 0.25) is 0 Å². The Balaban J connectivity index is 2.66. The molecule has 1 aromatic carbocycles. The van der Waals surface area contributed by atoms with Crippen molar-refractivity contribution in [1.82, 2.24) is 10.2 Å². The van der Waals surface area contributed by atoms with E-state index in [9.17, 15) is 0 Å². The predicted molar refractivity (Wildman–Crippen MR) is 143 cm³/mol. The zero-order valence-electron chi connectivity index (χ0n) is 20.4. The lowest BCUT2D eigenvalue weighted by atomic mass is 10.0. The van der Waals surface area contributed by atoms with Crippen LogP contribution in [0.25, 0.3) is 5.70 Å². The summed E-state index contributed by atoms with van der Waals surface area (Å²) in [5.41, 5.74) is 10.5. The number of nitrogens with zero attached hydrogens (tertiary/aromatic N) is 1. The highest BCUT2D eigenvalue weighted by atomic mass is 15.1. The Morgan fingerprint density at radius 2 is 1.81 bits per heavy atom. The van der Waals surface area contributed by atoms with Crippen molar-refractivity contribution in [3.05, 3.63) is 103 Å². The molecule has 0 amide bonds. The molecule has 0 heterocycles. The molecule has 1 aromatic rings. The molecule has 0 bridgehead atoms. The molecule has 3 N–H and O–H groups in total. The van der Waals surface area contributed by atoms with Gasteiger partial charge in [-0.2, -0.15) is 0 Å². The maximum atomic E-state index is 6.37. The highest BCUT2D eigenvalue weighted by molar-refractivity contribution is 5.61. The van der Waals surface area contributed by atoms with Crippen LogP contribution in [0.5, 0.6) is 0 Å². The lowest BCUT2D eigenvalue weighted by Gasteiger charge is -2.21. The summed E-state index contributed by atoms with van der Waals surface area (Å²) in [5, 5.41) is 3.48. The zero-order chi connectivity index (χ0) is 23.8. The molecule has 1 rings (SSSR count). The highest BCUT2D eigenvalue weighted by Gasteiger charge is 2.07. The summed E-state index contributed by atoms with van der Waals surface area (Å²) in [4.78, 5) is 2.27. The Morgan fingerprint density at radius 1 is 1.09 bits per heavy atom. The number of allylic oxidation sites excluding steroid dienone is 5. The van der Waals surface area contributed by atoms with E-state index >= 15 is 0 Å². The van der Waals surface area contributed by atoms with Crippen molar-refractivity contribution in [1.29, 1.82) is 0 Å². The van der Waals surface area contributed by atoms with Crippen molar-refractivity contribution in [3.8, 4) is 0 Å². The molecule has 2 atom stereocenters. The minimum atomic E-state index is 0.254. The van der Waals surface area contributed by atoms with Gasteiger partial charge in [-0.1, -0.05) is 79.8 Å². The third kappa shape index (κ3) is 11.5. The SMILES string of the molecule is C=CC(C)C/C=C\CN(/C=C(\N)c1ccccc1)CCCNC(=C)C(C=C)CC=C(C)C. The van der Waals surface area contributed by atoms with Crippen molar-refractivity contribution in [2.75, 3.05) is 19.6 Å². The molecule has 0 spiro atoms. The fourth-order valence-electron chi connectivity index (χ4n) is 3.13. The monoisotopic (exact) mass is 433 g/mol. The molecule has 174 valence electrons. The lowest BCUT2D eigenvalue weighted by Crippen LogP contribution is -2.25. The van der Waals surface area contributed by atoms with Crippen LogP contribution in [0.1, 0.15) is 45.6 Å². The van der Waals surface area contributed by atoms with Gasteiger partial charge in [0, 0.05) is 37.4 Å². The van der Waals surface area contributed by atoms with Gasteiger partial charge in [-0.25, -0.2) is 0 Å². The van der Waals surface area contributed by atoms with E-state index in [1.807, 2.05) is 42.5 Å². The lowest BCUT2D eigenvalue weighted by molar-refractivity contribution is 0.403. The Kier molecular flexibility index (Phi) is 13.4. The van der Waals surface area contributed by atoms with Gasteiger partial charge in [0.1, 0.15) is 0 Å². The molecule has 2 unspecified atom stereocenters. The molecular formula is C29H43N3. The molecule has 3 heteroatoms. The fraction of sp³-hybridized carbons (Fsp3) is 0.379. The number of rotatable bonds is 16. The average Bonchev–Trinajstić information content (AvgIpc) is 2.79. The van der Waals surface area contributed by atoms with E-state index in [0.29, 0.717) is 5.92 Å². The summed E-state index contributed by atoms with van der Waals surface area (Å²) in [6.45, 7) is 21.0. The topological polar surface area (TPSA) is 41.3 Å². The third-order valence-electron chi connectivity index (χ3n) is 5.33. The van der Waals surface area contributed by atoms with Crippen LogP contribution in [0.4, 0.5) is 0 Å². The summed E-state index contributed by atoms with van der Waals surface area (Å²) in [7, 11) is 0. The molecule has 0 saturated heterocycles. The molecule has 0 aliphatic rings. The van der Waals surface area contributed by atoms with Crippen molar-refractivity contribution in [2.45, 2.75) is 40.0 Å². The van der Waals surface area contributed by atoms with Crippen LogP contribution in [0, 0.1) is 11.8 Å². The van der Waals surface area contributed by atoms with E-state index in [2.05, 4.69) is 75.2 Å². The van der Waals surface area contributed by atoms with E-state index < -0.39 is 0 Å². The summed E-state index contributed by atoms with van der Waals surface area (Å²) >= 11 is 0. The van der Waals surface area contributed by atoms with E-state index in [1.165, 1.54) is 5.57 Å². The Morgan fingerprint density at radius 3 is 2.44 bits per heavy atom. The Bertz CT molecular complexity index is 782. The van der Waals surface area contributed by atoms with Crippen LogP contribution in [-0.4, -0.2) is 24.5 Å². The predicted octanol–water partition coefficient (Wildman–Crippen LogP) is 6.67. The van der Waals surface area contributed by atoms with Crippen molar-refractivity contribution in [3.63, 3.8) is 0 Å². The first-order valence-electron chi connectivity index (χ1n) is 11.6. The zero-order valence-corrected chi connectivity index (χ0v) is 20.4. The third-order valence-corrected chi connectivity index (χ3v) is 5.33. The van der Waals surface area contributed by atoms with Crippen molar-refractivity contribution < 1.29 is 0 Å². The largest absolute Gasteiger partial charge is 0.397 e. The molecule has 32 heavy (non-hydrogen) atoms. The van der Waals surface area contributed by atoms with Crippen LogP contribution >= 0.6 is 0 Å². The maximum Gasteiger partial charge on any atom is 0.0549 e. The highest BCUT2D eigenvalue weighted by Crippen LogP contribution is 2.15. The van der Waals surface area contributed by atoms with Crippen molar-refractivity contribution >= 4 is 5.70 Å². The molecule has 0 aliphatic heterocycles. The first-order chi connectivity index (χ1) is 15.4. The molecule has 0 aliphatic carbocycles. The quantitative estimate of drug-likeness (QED) is 0.226. The number of hydrogen-bond acceptors (Lipinski definition) is 3. The van der Waals surface area contributed by atoms with Gasteiger partial charge in [0.25, 0.3) is 0 Å². The first-order valence-corrected chi connectivity index (χ1v) is 11.6. The number of nitrogens with one attached hydrogen (secondary N) is 1. The second-order valence-electron chi connectivity index (χ2n) is 8.53. The van der Waals surface area contributed by atoms with Gasteiger partial charge in [-0.05, 0) is 44.6 Å². The van der Waals surface area contributed by atoms with Crippen LogP contribution in [0.15, 0.2) is 97.9 Å². The Labute approximate surface area is 196 Å². The van der Waals surface area contributed by atoms with Gasteiger partial charge in [-0.15, -0.1) is 13.2 Å². The molecule has 0 fully saturated rings. The minimum absolute atomic E-state index is 0.254. The standard InChI is InChI=1S/C29H43N3/c1-7-25(5)15-12-13-21-32(23-29(30)28-16-10-9-11-17-28)22-14-20-31-26(6)27(8-2)19-18-24(3)4/h7-13,16-18,23,25,27,31H,1-2,6,14-15,19-22,30H2,3-5H3/b13-12-,29-23-. The maximum absolute atomic E-state index is 6.37. The molecular weight excluding hydrogens is 390 g/mol. The van der Waals surface area contributed by atoms with E-state index in [4.69, 9.17) is 5.73 Å². The van der Waals surface area contributed by atoms with E-state index in [-0.39, 0.29) is 5.92 Å². The van der Waals surface area contributed by atoms with Gasteiger partial charge >= 0.3 is 0 Å². The first kappa shape index (κ1) is 27.1. The summed E-state index contributed by atoms with van der Waals surface area (Å²) in [6, 6.07) is 10.1. The second kappa shape index (κ2) is 15.8. The van der Waals surface area contributed by atoms with Gasteiger partial charge in [0.05, 0.1) is 5.70 Å². The van der Waals surface area contributed by atoms with Gasteiger partial charge < -0.3 is 16.0 Å². The molecule has 3 nitrogen and oxygen atoms in total. The molecule has 0 radical (unpaired) electrons. The normalized spacial score (nSPS) is 13.3. The fourth-order valence-corrected chi connectivity index (χ4v) is 3.13. The van der Waals surface area contributed by atoms with Crippen LogP contribution in [0.3, 0.4) is 0 Å². The number of hydrogen-bond donors (Lipinski definition) is 2. The van der Waals surface area contributed by atoms with Gasteiger partial charge in [-0.3, -0.25) is 0 Å². The second-order valence-corrected chi connectivity index (χ2v) is 8.53. The summed E-state index contributed by atoms with van der Waals surface area (Å²) in [6.07, 6.45) is 15.6. The van der Waals surface area contributed by atoms with Crippen molar-refractivity contribution in [2.24, 2.45) is 17.6 Å². The summed E-state index contributed by atoms with van der Waals surface area (Å²) < 4.78 is 0.